The Balaban J connectivity index is 0.00000392. The normalized spacial score (nSPS) is 11.6. The molecular weight excluding hydrogens is 484 g/mol. The topological polar surface area (TPSA) is 58.5 Å². The number of halogens is 4. The van der Waals surface area contributed by atoms with Crippen LogP contribution < -0.4 is 15.4 Å². The van der Waals surface area contributed by atoms with E-state index < -0.39 is 12.8 Å². The molecule has 9 heteroatoms. The van der Waals surface area contributed by atoms with E-state index in [0.717, 1.165) is 5.56 Å². The van der Waals surface area contributed by atoms with E-state index in [1.54, 1.807) is 13.1 Å². The molecule has 0 bridgehead atoms. The van der Waals surface area contributed by atoms with Crippen LogP contribution >= 0.6 is 24.0 Å². The van der Waals surface area contributed by atoms with Crippen molar-refractivity contribution in [3.05, 3.63) is 58.8 Å². The van der Waals surface area contributed by atoms with Gasteiger partial charge in [-0.2, -0.15) is 13.2 Å². The van der Waals surface area contributed by atoms with Gasteiger partial charge in [0.2, 0.25) is 5.88 Å². The van der Waals surface area contributed by atoms with E-state index in [-0.39, 0.29) is 29.9 Å². The molecule has 0 radical (unpaired) electrons. The van der Waals surface area contributed by atoms with Gasteiger partial charge in [-0.05, 0) is 30.5 Å². The minimum Gasteiger partial charge on any atom is -0.468 e. The lowest BCUT2D eigenvalue weighted by atomic mass is 10.1. The largest absolute Gasteiger partial charge is 0.468 e. The van der Waals surface area contributed by atoms with E-state index in [1.165, 1.54) is 29.0 Å². The Bertz CT molecular complexity index is 780. The van der Waals surface area contributed by atoms with Gasteiger partial charge in [0.1, 0.15) is 0 Å². The molecule has 1 heterocycles. The van der Waals surface area contributed by atoms with Crippen molar-refractivity contribution in [1.29, 1.82) is 0 Å². The van der Waals surface area contributed by atoms with E-state index in [1.807, 2.05) is 0 Å². The highest BCUT2D eigenvalue weighted by atomic mass is 127. The van der Waals surface area contributed by atoms with Crippen LogP contribution in [0.5, 0.6) is 5.88 Å². The summed E-state index contributed by atoms with van der Waals surface area (Å²) in [5.74, 6) is 0.556. The minimum absolute atomic E-state index is 0. The Morgan fingerprint density at radius 3 is 2.39 bits per heavy atom. The van der Waals surface area contributed by atoms with Gasteiger partial charge in [0.05, 0.1) is 0 Å². The van der Waals surface area contributed by atoms with E-state index >= 15 is 0 Å². The lowest BCUT2D eigenvalue weighted by Crippen LogP contribution is -2.36. The summed E-state index contributed by atoms with van der Waals surface area (Å²) in [6.07, 6.45) is -2.91. The summed E-state index contributed by atoms with van der Waals surface area (Å²) in [4.78, 5) is 8.04. The van der Waals surface area contributed by atoms with Crippen LogP contribution in [0, 0.1) is 13.8 Å². The Hall–Kier alpha value is -2.04. The average Bonchev–Trinajstić information content (AvgIpc) is 2.62. The van der Waals surface area contributed by atoms with Gasteiger partial charge in [0.15, 0.2) is 12.6 Å². The summed E-state index contributed by atoms with van der Waals surface area (Å²) in [6.45, 7) is 3.83. The number of benzene rings is 1. The monoisotopic (exact) mass is 508 g/mol. The van der Waals surface area contributed by atoms with Gasteiger partial charge in [-0.1, -0.05) is 29.8 Å². The number of hydrogen-bond donors (Lipinski definition) is 2. The van der Waals surface area contributed by atoms with E-state index in [4.69, 9.17) is 0 Å². The fraction of sp³-hybridized carbons (Fsp3) is 0.368. The van der Waals surface area contributed by atoms with Gasteiger partial charge in [0.25, 0.3) is 0 Å². The molecule has 0 fully saturated rings. The first-order valence-corrected chi connectivity index (χ1v) is 8.42. The summed E-state index contributed by atoms with van der Waals surface area (Å²) in [5, 5.41) is 6.37. The maximum absolute atomic E-state index is 12.1. The maximum atomic E-state index is 12.1. The van der Waals surface area contributed by atoms with Crippen LogP contribution in [0.2, 0.25) is 0 Å². The number of aryl methyl sites for hydroxylation is 2. The fourth-order valence-electron chi connectivity index (χ4n) is 2.39. The molecule has 0 atom stereocenters. The summed E-state index contributed by atoms with van der Waals surface area (Å²) in [7, 11) is 1.67. The zero-order valence-corrected chi connectivity index (χ0v) is 18.3. The molecule has 0 spiro atoms. The summed E-state index contributed by atoms with van der Waals surface area (Å²) in [5.41, 5.74) is 4.39. The quantitative estimate of drug-likeness (QED) is 0.350. The summed E-state index contributed by atoms with van der Waals surface area (Å²) >= 11 is 0. The second kappa shape index (κ2) is 11.1. The van der Waals surface area contributed by atoms with Crippen molar-refractivity contribution in [3.63, 3.8) is 0 Å². The molecule has 0 aliphatic heterocycles. The lowest BCUT2D eigenvalue weighted by Gasteiger charge is -2.14. The third-order valence-corrected chi connectivity index (χ3v) is 3.81. The van der Waals surface area contributed by atoms with Crippen molar-refractivity contribution in [2.24, 2.45) is 4.99 Å². The van der Waals surface area contributed by atoms with Crippen LogP contribution in [-0.4, -0.2) is 30.8 Å². The third kappa shape index (κ3) is 8.32. The van der Waals surface area contributed by atoms with Gasteiger partial charge in [-0.3, -0.25) is 4.99 Å². The molecule has 2 N–H and O–H groups in total. The number of guanidine groups is 1. The highest BCUT2D eigenvalue weighted by Gasteiger charge is 2.28. The highest BCUT2D eigenvalue weighted by Crippen LogP contribution is 2.17. The van der Waals surface area contributed by atoms with Crippen LogP contribution in [0.3, 0.4) is 0 Å². The van der Waals surface area contributed by atoms with Gasteiger partial charge in [0, 0.05) is 32.4 Å². The predicted molar refractivity (Wildman–Crippen MR) is 114 cm³/mol. The summed E-state index contributed by atoms with van der Waals surface area (Å²) in [6, 6.07) is 9.34. The van der Waals surface area contributed by atoms with Crippen molar-refractivity contribution < 1.29 is 17.9 Å². The molecule has 0 amide bonds. The molecular formula is C19H24F3IN4O. The highest BCUT2D eigenvalue weighted by molar-refractivity contribution is 14.0. The van der Waals surface area contributed by atoms with Crippen molar-refractivity contribution in [3.8, 4) is 5.88 Å². The second-order valence-electron chi connectivity index (χ2n) is 6.12. The maximum Gasteiger partial charge on any atom is 0.422 e. The SMILES string of the molecule is CN=C(NCc1ccc(OCC(F)(F)F)nc1)NCc1ccc(C)cc1C.I. The number of nitrogens with zero attached hydrogens (tertiary/aromatic N) is 2. The van der Waals surface area contributed by atoms with Gasteiger partial charge in [-0.25, -0.2) is 4.98 Å². The van der Waals surface area contributed by atoms with E-state index in [9.17, 15) is 13.2 Å². The molecule has 1 aromatic carbocycles. The molecule has 2 rings (SSSR count). The average molecular weight is 508 g/mol. The van der Waals surface area contributed by atoms with Crippen LogP contribution in [0.4, 0.5) is 13.2 Å². The van der Waals surface area contributed by atoms with Gasteiger partial charge < -0.3 is 15.4 Å². The Labute approximate surface area is 179 Å². The van der Waals surface area contributed by atoms with Gasteiger partial charge >= 0.3 is 6.18 Å². The first kappa shape index (κ1) is 24.0. The first-order chi connectivity index (χ1) is 12.8. The molecule has 0 saturated carbocycles. The van der Waals surface area contributed by atoms with Crippen LogP contribution in [-0.2, 0) is 13.1 Å². The number of nitrogens with one attached hydrogen (secondary N) is 2. The van der Waals surface area contributed by atoms with E-state index in [0.29, 0.717) is 19.0 Å². The number of aliphatic imine (C=N–C) groups is 1. The van der Waals surface area contributed by atoms with Crippen molar-refractivity contribution in [2.45, 2.75) is 33.1 Å². The fourth-order valence-corrected chi connectivity index (χ4v) is 2.39. The smallest absolute Gasteiger partial charge is 0.422 e. The Kier molecular flexibility index (Phi) is 9.50. The van der Waals surface area contributed by atoms with Crippen molar-refractivity contribution >= 4 is 29.9 Å². The number of alkyl halides is 3. The third-order valence-electron chi connectivity index (χ3n) is 3.81. The van der Waals surface area contributed by atoms with E-state index in [2.05, 4.69) is 57.4 Å². The summed E-state index contributed by atoms with van der Waals surface area (Å²) < 4.78 is 41.0. The Morgan fingerprint density at radius 2 is 1.82 bits per heavy atom. The molecule has 0 unspecified atom stereocenters. The zero-order valence-electron chi connectivity index (χ0n) is 15.9. The van der Waals surface area contributed by atoms with Crippen molar-refractivity contribution in [2.75, 3.05) is 13.7 Å². The van der Waals surface area contributed by atoms with Crippen LogP contribution in [0.1, 0.15) is 22.3 Å². The predicted octanol–water partition coefficient (Wildman–Crippen LogP) is 4.12. The molecule has 1 aromatic heterocycles. The van der Waals surface area contributed by atoms with Crippen molar-refractivity contribution in [1.82, 2.24) is 15.6 Å². The van der Waals surface area contributed by atoms with Gasteiger partial charge in [-0.15, -0.1) is 24.0 Å². The molecule has 154 valence electrons. The number of pyridine rings is 1. The standard InChI is InChI=1S/C19H23F3N4O.HI/c1-13-4-6-16(14(2)8-13)11-26-18(23-3)25-10-15-5-7-17(24-9-15)27-12-19(20,21)22;/h4-9H,10-12H2,1-3H3,(H2,23,25,26);1H. The number of aromatic nitrogens is 1. The first-order valence-electron chi connectivity index (χ1n) is 8.42. The second-order valence-corrected chi connectivity index (χ2v) is 6.12. The number of ether oxygens (including phenoxy) is 1. The Morgan fingerprint density at radius 1 is 1.11 bits per heavy atom. The number of hydrogen-bond acceptors (Lipinski definition) is 3. The minimum atomic E-state index is -4.38. The van der Waals surface area contributed by atoms with Crippen LogP contribution in [0.25, 0.3) is 0 Å². The molecule has 0 saturated heterocycles. The molecule has 5 nitrogen and oxygen atoms in total. The molecule has 2 aromatic rings. The molecule has 28 heavy (non-hydrogen) atoms. The molecule has 0 aliphatic carbocycles. The number of rotatable bonds is 6. The molecule has 0 aliphatic rings. The van der Waals surface area contributed by atoms with Crippen LogP contribution in [0.15, 0.2) is 41.5 Å². The lowest BCUT2D eigenvalue weighted by molar-refractivity contribution is -0.154. The zero-order chi connectivity index (χ0) is 19.9.